The Labute approximate surface area is 263 Å². The van der Waals surface area contributed by atoms with Crippen molar-refractivity contribution in [1.82, 2.24) is 14.1 Å². The number of benzene rings is 2. The Hall–Kier alpha value is -4.07. The van der Waals surface area contributed by atoms with E-state index in [1.54, 1.807) is 4.90 Å². The molecular weight excluding hydrogens is 597 g/mol. The summed E-state index contributed by atoms with van der Waals surface area (Å²) in [5, 5.41) is 21.3. The van der Waals surface area contributed by atoms with Gasteiger partial charge in [0.25, 0.3) is 11.8 Å². The van der Waals surface area contributed by atoms with Crippen molar-refractivity contribution >= 4 is 38.2 Å². The zero-order chi connectivity index (χ0) is 31.7. The van der Waals surface area contributed by atoms with Gasteiger partial charge in [0.15, 0.2) is 0 Å². The highest BCUT2D eigenvalue weighted by Crippen LogP contribution is 2.38. The fourth-order valence-corrected chi connectivity index (χ4v) is 7.94. The molecule has 1 N–H and O–H groups in total. The van der Waals surface area contributed by atoms with Gasteiger partial charge in [-0.05, 0) is 55.7 Å². The molecule has 2 heterocycles. The minimum absolute atomic E-state index is 0.00546. The Morgan fingerprint density at radius 1 is 0.977 bits per heavy atom. The van der Waals surface area contributed by atoms with Gasteiger partial charge in [-0.2, -0.15) is 14.8 Å². The quantitative estimate of drug-likeness (QED) is 0.284. The number of fused-ring (bicyclic) bond motifs is 1. The first-order chi connectivity index (χ1) is 21.2. The molecule has 230 valence electrons. The molecule has 0 fully saturated rings. The second-order valence-electron chi connectivity index (χ2n) is 10.3. The molecule has 0 saturated carbocycles. The number of nitriles is 2. The molecule has 0 radical (unpaired) electrons. The average Bonchev–Trinajstić information content (AvgIpc) is 3.38. The lowest BCUT2D eigenvalue weighted by Gasteiger charge is -2.28. The molecule has 1 aromatic heterocycles. The van der Waals surface area contributed by atoms with E-state index in [1.165, 1.54) is 41.2 Å². The summed E-state index contributed by atoms with van der Waals surface area (Å²) in [7, 11) is -3.96. The van der Waals surface area contributed by atoms with Gasteiger partial charge < -0.3 is 10.2 Å². The summed E-state index contributed by atoms with van der Waals surface area (Å²) in [5.41, 5.74) is 2.96. The smallest absolute Gasteiger partial charge is 0.257 e. The fourth-order valence-electron chi connectivity index (χ4n) is 5.22. The fraction of sp³-hybridized carbons (Fsp3) is 0.375. The van der Waals surface area contributed by atoms with Crippen molar-refractivity contribution < 1.29 is 18.0 Å². The van der Waals surface area contributed by atoms with Crippen molar-refractivity contribution in [2.45, 2.75) is 51.1 Å². The van der Waals surface area contributed by atoms with Gasteiger partial charge in [0.05, 0.1) is 22.6 Å². The van der Waals surface area contributed by atoms with Crippen molar-refractivity contribution in [3.05, 3.63) is 81.7 Å². The van der Waals surface area contributed by atoms with E-state index in [0.717, 1.165) is 27.8 Å². The molecule has 10 nitrogen and oxygen atoms in total. The zero-order valence-electron chi connectivity index (χ0n) is 25.0. The second-order valence-corrected chi connectivity index (χ2v) is 13.4. The topological polar surface area (TPSA) is 138 Å². The molecule has 3 aromatic rings. The van der Waals surface area contributed by atoms with Gasteiger partial charge in [-0.15, -0.1) is 11.3 Å². The molecule has 44 heavy (non-hydrogen) atoms. The van der Waals surface area contributed by atoms with Gasteiger partial charge >= 0.3 is 0 Å². The number of rotatable bonds is 13. The molecule has 0 bridgehead atoms. The van der Waals surface area contributed by atoms with Crippen molar-refractivity contribution in [2.75, 3.05) is 38.0 Å². The van der Waals surface area contributed by atoms with E-state index in [2.05, 4.69) is 22.3 Å². The number of thiophene rings is 1. The lowest BCUT2D eigenvalue weighted by molar-refractivity contribution is 0.0772. The normalized spacial score (nSPS) is 13.1. The number of hydrogen-bond donors (Lipinski definition) is 1. The Morgan fingerprint density at radius 2 is 1.61 bits per heavy atom. The monoisotopic (exact) mass is 632 g/mol. The molecule has 1 aliphatic rings. The van der Waals surface area contributed by atoms with E-state index < -0.39 is 15.9 Å². The number of nitrogens with zero attached hydrogens (tertiary/aromatic N) is 5. The Kier molecular flexibility index (Phi) is 11.3. The van der Waals surface area contributed by atoms with Gasteiger partial charge in [0.2, 0.25) is 10.0 Å². The lowest BCUT2D eigenvalue weighted by Crippen LogP contribution is -2.34. The largest absolute Gasteiger partial charge is 0.339 e. The number of anilines is 1. The molecule has 12 heteroatoms. The molecule has 1 aliphatic heterocycles. The number of sulfonamides is 1. The first-order valence-corrected chi connectivity index (χ1v) is 16.8. The maximum Gasteiger partial charge on any atom is 0.257 e. The highest BCUT2D eigenvalue weighted by molar-refractivity contribution is 7.89. The van der Waals surface area contributed by atoms with Crippen LogP contribution in [0.5, 0.6) is 0 Å². The number of carbonyl (C=O) groups is 2. The number of carbonyl (C=O) groups excluding carboxylic acids is 2. The van der Waals surface area contributed by atoms with Crippen molar-refractivity contribution in [2.24, 2.45) is 0 Å². The van der Waals surface area contributed by atoms with Crippen LogP contribution in [0.2, 0.25) is 0 Å². The summed E-state index contributed by atoms with van der Waals surface area (Å²) in [5.74, 6) is -0.566. The molecule has 4 rings (SSSR count). The van der Waals surface area contributed by atoms with Gasteiger partial charge in [0, 0.05) is 69.1 Å². The maximum absolute atomic E-state index is 13.7. The first kappa shape index (κ1) is 32.8. The number of nitrogens with one attached hydrogen (secondary N) is 1. The minimum Gasteiger partial charge on any atom is -0.339 e. The van der Waals surface area contributed by atoms with Gasteiger partial charge in [0.1, 0.15) is 5.00 Å². The van der Waals surface area contributed by atoms with Gasteiger partial charge in [-0.3, -0.25) is 14.5 Å². The average molecular weight is 633 g/mol. The third kappa shape index (κ3) is 7.52. The van der Waals surface area contributed by atoms with E-state index in [4.69, 9.17) is 10.5 Å². The lowest BCUT2D eigenvalue weighted by atomic mass is 10.0. The predicted octanol–water partition coefficient (Wildman–Crippen LogP) is 4.86. The summed E-state index contributed by atoms with van der Waals surface area (Å²) in [6.45, 7) is 7.14. The highest BCUT2D eigenvalue weighted by atomic mass is 32.2. The zero-order valence-corrected chi connectivity index (χ0v) is 26.6. The Balaban J connectivity index is 1.58. The Bertz CT molecular complexity index is 1640. The molecule has 0 atom stereocenters. The van der Waals surface area contributed by atoms with Crippen LogP contribution < -0.4 is 5.32 Å². The van der Waals surface area contributed by atoms with Crippen LogP contribution in [0.15, 0.2) is 59.5 Å². The SMILES string of the molecule is CCN(CC)C(=O)c1c(NC(=O)c2ccc(S(=O)(=O)N(CCC#N)CCC#N)cc2)sc2c1CCN(Cc1ccccc1)C2. The molecule has 0 spiro atoms. The summed E-state index contributed by atoms with van der Waals surface area (Å²) < 4.78 is 27.5. The standard InChI is InChI=1S/C32H36N6O4S2/c1-3-37(4-2)32(40)29-27-16-21-36(22-24-10-6-5-7-11-24)23-28(27)43-31(29)35-30(39)25-12-14-26(15-13-25)44(41,42)38(19-8-17-33)20-9-18-34/h5-7,10-15H,3-4,8-9,16,19-23H2,1-2H3,(H,35,39). The molecule has 0 aliphatic carbocycles. The predicted molar refractivity (Wildman–Crippen MR) is 169 cm³/mol. The van der Waals surface area contributed by atoms with Crippen LogP contribution in [0.25, 0.3) is 0 Å². The van der Waals surface area contributed by atoms with Crippen molar-refractivity contribution in [3.63, 3.8) is 0 Å². The van der Waals surface area contributed by atoms with Crippen LogP contribution in [-0.2, 0) is 29.5 Å². The minimum atomic E-state index is -3.96. The molecule has 0 saturated heterocycles. The highest BCUT2D eigenvalue weighted by Gasteiger charge is 2.31. The van der Waals surface area contributed by atoms with Crippen LogP contribution in [0.4, 0.5) is 5.00 Å². The first-order valence-electron chi connectivity index (χ1n) is 14.6. The summed E-state index contributed by atoms with van der Waals surface area (Å²) in [6.07, 6.45) is 0.681. The number of hydrogen-bond acceptors (Lipinski definition) is 8. The maximum atomic E-state index is 13.7. The van der Waals surface area contributed by atoms with Crippen LogP contribution in [0.3, 0.4) is 0 Å². The molecule has 0 unspecified atom stereocenters. The second kappa shape index (κ2) is 15.1. The van der Waals surface area contributed by atoms with Crippen molar-refractivity contribution in [1.29, 1.82) is 10.5 Å². The van der Waals surface area contributed by atoms with E-state index in [0.29, 0.717) is 36.6 Å². The van der Waals surface area contributed by atoms with Gasteiger partial charge in [-0.1, -0.05) is 30.3 Å². The van der Waals surface area contributed by atoms with Crippen LogP contribution in [0, 0.1) is 22.7 Å². The van der Waals surface area contributed by atoms with Gasteiger partial charge in [-0.25, -0.2) is 8.42 Å². The third-order valence-electron chi connectivity index (χ3n) is 7.58. The van der Waals surface area contributed by atoms with E-state index >= 15 is 0 Å². The summed E-state index contributed by atoms with van der Waals surface area (Å²) in [4.78, 5) is 32.2. The van der Waals surface area contributed by atoms with E-state index in [-0.39, 0.29) is 42.3 Å². The van der Waals surface area contributed by atoms with E-state index in [9.17, 15) is 18.0 Å². The Morgan fingerprint density at radius 3 is 2.20 bits per heavy atom. The molecule has 2 aromatic carbocycles. The summed E-state index contributed by atoms with van der Waals surface area (Å²) >= 11 is 1.42. The van der Waals surface area contributed by atoms with Crippen LogP contribution in [-0.4, -0.2) is 67.1 Å². The van der Waals surface area contributed by atoms with Crippen LogP contribution >= 0.6 is 11.3 Å². The number of amides is 2. The molecular formula is C32H36N6O4S2. The molecule has 2 amide bonds. The van der Waals surface area contributed by atoms with Crippen LogP contribution in [0.1, 0.15) is 63.4 Å². The third-order valence-corrected chi connectivity index (χ3v) is 10.6. The van der Waals surface area contributed by atoms with Crippen molar-refractivity contribution in [3.8, 4) is 12.1 Å². The summed E-state index contributed by atoms with van der Waals surface area (Å²) in [6, 6.07) is 19.6. The van der Waals surface area contributed by atoms with E-state index in [1.807, 2.05) is 44.2 Å².